The van der Waals surface area contributed by atoms with Crippen molar-refractivity contribution < 1.29 is 4.79 Å². The maximum Gasteiger partial charge on any atom is 0.272 e. The van der Waals surface area contributed by atoms with Crippen LogP contribution in [0, 0.1) is 19.8 Å². The van der Waals surface area contributed by atoms with Crippen LogP contribution in [0.2, 0.25) is 0 Å². The molecular formula is C14H19BrN2O. The predicted octanol–water partition coefficient (Wildman–Crippen LogP) is 2.94. The summed E-state index contributed by atoms with van der Waals surface area (Å²) in [4.78, 5) is 19.0. The van der Waals surface area contributed by atoms with Gasteiger partial charge in [-0.05, 0) is 50.3 Å². The lowest BCUT2D eigenvalue weighted by molar-refractivity contribution is 0.0742. The zero-order valence-electron chi connectivity index (χ0n) is 11.1. The molecule has 0 saturated heterocycles. The van der Waals surface area contributed by atoms with Crippen molar-refractivity contribution in [2.24, 2.45) is 5.92 Å². The predicted molar refractivity (Wildman–Crippen MR) is 76.1 cm³/mol. The van der Waals surface area contributed by atoms with E-state index in [4.69, 9.17) is 0 Å². The van der Waals surface area contributed by atoms with Crippen LogP contribution in [0.1, 0.15) is 34.6 Å². The van der Waals surface area contributed by atoms with E-state index in [2.05, 4.69) is 20.9 Å². The van der Waals surface area contributed by atoms with Crippen LogP contribution in [0.5, 0.6) is 0 Å². The fourth-order valence-corrected chi connectivity index (χ4v) is 3.48. The lowest BCUT2D eigenvalue weighted by atomic mass is 9.85. The molecule has 0 spiro atoms. The summed E-state index contributed by atoms with van der Waals surface area (Å²) in [5, 5.41) is 0. The van der Waals surface area contributed by atoms with Crippen molar-refractivity contribution in [2.45, 2.75) is 31.5 Å². The largest absolute Gasteiger partial charge is 0.340 e. The minimum absolute atomic E-state index is 0.0276. The van der Waals surface area contributed by atoms with Crippen LogP contribution >= 0.6 is 15.9 Å². The Bertz CT molecular complexity index is 435. The number of hydrogen-bond acceptors (Lipinski definition) is 2. The molecule has 1 aliphatic carbocycles. The number of carbonyl (C=O) groups is 1. The Balaban J connectivity index is 2.01. The molecule has 0 aliphatic heterocycles. The Kier molecular flexibility index (Phi) is 4.05. The van der Waals surface area contributed by atoms with Gasteiger partial charge >= 0.3 is 0 Å². The van der Waals surface area contributed by atoms with Gasteiger partial charge in [0.1, 0.15) is 5.69 Å². The molecule has 0 unspecified atom stereocenters. The highest BCUT2D eigenvalue weighted by Gasteiger charge is 2.29. The van der Waals surface area contributed by atoms with Gasteiger partial charge in [-0.2, -0.15) is 0 Å². The molecule has 0 aromatic carbocycles. The first-order valence-corrected chi connectivity index (χ1v) is 7.22. The van der Waals surface area contributed by atoms with E-state index < -0.39 is 0 Å². The molecule has 4 heteroatoms. The Hall–Kier alpha value is -0.900. The third-order valence-electron chi connectivity index (χ3n) is 3.37. The summed E-state index contributed by atoms with van der Waals surface area (Å²) >= 11 is 3.58. The summed E-state index contributed by atoms with van der Waals surface area (Å²) in [5.41, 5.74) is 2.55. The number of pyridine rings is 1. The van der Waals surface area contributed by atoms with E-state index in [0.29, 0.717) is 16.4 Å². The van der Waals surface area contributed by atoms with Crippen molar-refractivity contribution in [2.75, 3.05) is 13.6 Å². The topological polar surface area (TPSA) is 33.2 Å². The molecule has 0 N–H and O–H groups in total. The average Bonchev–Trinajstić information content (AvgIpc) is 2.24. The van der Waals surface area contributed by atoms with E-state index in [0.717, 1.165) is 30.6 Å². The van der Waals surface area contributed by atoms with Gasteiger partial charge in [0, 0.05) is 24.1 Å². The number of aryl methyl sites for hydroxylation is 2. The fraction of sp³-hybridized carbons (Fsp3) is 0.571. The molecule has 1 aromatic rings. The van der Waals surface area contributed by atoms with E-state index >= 15 is 0 Å². The lowest BCUT2D eigenvalue weighted by Gasteiger charge is -2.34. The monoisotopic (exact) mass is 310 g/mol. The minimum Gasteiger partial charge on any atom is -0.340 e. The minimum atomic E-state index is 0.0276. The van der Waals surface area contributed by atoms with E-state index in [1.54, 1.807) is 4.90 Å². The molecule has 0 atom stereocenters. The highest BCUT2D eigenvalue weighted by atomic mass is 79.9. The molecule has 1 aromatic heterocycles. The Labute approximate surface area is 117 Å². The second-order valence-corrected chi connectivity index (χ2v) is 6.59. The summed E-state index contributed by atoms with van der Waals surface area (Å²) in [7, 11) is 1.86. The molecule has 0 bridgehead atoms. The SMILES string of the molecule is Cc1cc(C)nc(C(=O)N(C)CC2CC(Br)C2)c1. The van der Waals surface area contributed by atoms with Gasteiger partial charge in [0.05, 0.1) is 0 Å². The van der Waals surface area contributed by atoms with Gasteiger partial charge < -0.3 is 4.90 Å². The van der Waals surface area contributed by atoms with Crippen molar-refractivity contribution in [1.82, 2.24) is 9.88 Å². The zero-order chi connectivity index (χ0) is 13.3. The Morgan fingerprint density at radius 2 is 2.11 bits per heavy atom. The van der Waals surface area contributed by atoms with Crippen molar-refractivity contribution in [3.63, 3.8) is 0 Å². The lowest BCUT2D eigenvalue weighted by Crippen LogP contribution is -2.38. The number of halogens is 1. The Morgan fingerprint density at radius 3 is 2.67 bits per heavy atom. The van der Waals surface area contributed by atoms with E-state index in [1.165, 1.54) is 0 Å². The van der Waals surface area contributed by atoms with Crippen LogP contribution in [-0.2, 0) is 0 Å². The van der Waals surface area contributed by atoms with E-state index in [9.17, 15) is 4.79 Å². The van der Waals surface area contributed by atoms with Gasteiger partial charge in [-0.15, -0.1) is 0 Å². The van der Waals surface area contributed by atoms with Gasteiger partial charge in [-0.1, -0.05) is 15.9 Å². The summed E-state index contributed by atoms with van der Waals surface area (Å²) in [5.74, 6) is 0.661. The number of hydrogen-bond donors (Lipinski definition) is 0. The number of amides is 1. The number of aromatic nitrogens is 1. The number of nitrogens with zero attached hydrogens (tertiary/aromatic N) is 2. The third kappa shape index (κ3) is 3.10. The van der Waals surface area contributed by atoms with Gasteiger partial charge in [0.15, 0.2) is 0 Å². The second-order valence-electron chi connectivity index (χ2n) is 5.29. The van der Waals surface area contributed by atoms with Gasteiger partial charge in [0.2, 0.25) is 0 Å². The van der Waals surface area contributed by atoms with Gasteiger partial charge in [-0.25, -0.2) is 4.98 Å². The molecule has 18 heavy (non-hydrogen) atoms. The highest BCUT2D eigenvalue weighted by molar-refractivity contribution is 9.09. The van der Waals surface area contributed by atoms with Crippen molar-refractivity contribution in [3.05, 3.63) is 29.1 Å². The van der Waals surface area contributed by atoms with Gasteiger partial charge in [0.25, 0.3) is 5.91 Å². The quantitative estimate of drug-likeness (QED) is 0.804. The molecule has 1 aliphatic rings. The summed E-state index contributed by atoms with van der Waals surface area (Å²) in [6.07, 6.45) is 2.33. The Morgan fingerprint density at radius 1 is 1.44 bits per heavy atom. The van der Waals surface area contributed by atoms with Gasteiger partial charge in [-0.3, -0.25) is 4.79 Å². The van der Waals surface area contributed by atoms with Crippen LogP contribution in [0.3, 0.4) is 0 Å². The highest BCUT2D eigenvalue weighted by Crippen LogP contribution is 2.33. The summed E-state index contributed by atoms with van der Waals surface area (Å²) < 4.78 is 0. The van der Waals surface area contributed by atoms with Crippen LogP contribution < -0.4 is 0 Å². The second kappa shape index (κ2) is 5.39. The normalized spacial score (nSPS) is 22.4. The first-order chi connectivity index (χ1) is 8.45. The zero-order valence-corrected chi connectivity index (χ0v) is 12.7. The van der Waals surface area contributed by atoms with Crippen molar-refractivity contribution >= 4 is 21.8 Å². The average molecular weight is 311 g/mol. The molecule has 1 amide bonds. The van der Waals surface area contributed by atoms with Crippen LogP contribution in [0.4, 0.5) is 0 Å². The summed E-state index contributed by atoms with van der Waals surface area (Å²) in [6, 6.07) is 3.85. The van der Waals surface area contributed by atoms with Crippen LogP contribution in [0.25, 0.3) is 0 Å². The molecule has 1 heterocycles. The smallest absolute Gasteiger partial charge is 0.272 e. The van der Waals surface area contributed by atoms with E-state index in [1.807, 2.05) is 33.0 Å². The molecule has 1 saturated carbocycles. The molecular weight excluding hydrogens is 292 g/mol. The molecule has 98 valence electrons. The third-order valence-corrected chi connectivity index (χ3v) is 4.12. The molecule has 0 radical (unpaired) electrons. The fourth-order valence-electron chi connectivity index (χ4n) is 2.42. The first-order valence-electron chi connectivity index (χ1n) is 6.30. The number of rotatable bonds is 3. The summed E-state index contributed by atoms with van der Waals surface area (Å²) in [6.45, 7) is 4.74. The van der Waals surface area contributed by atoms with Crippen LogP contribution in [-0.4, -0.2) is 34.2 Å². The first kappa shape index (κ1) is 13.5. The standard InChI is InChI=1S/C14H19BrN2O/c1-9-4-10(2)16-13(5-9)14(18)17(3)8-11-6-12(15)7-11/h4-5,11-12H,6-8H2,1-3H3. The molecule has 2 rings (SSSR count). The molecule has 1 fully saturated rings. The number of carbonyl (C=O) groups excluding carboxylic acids is 1. The van der Waals surface area contributed by atoms with E-state index in [-0.39, 0.29) is 5.91 Å². The number of alkyl halides is 1. The maximum atomic E-state index is 12.3. The maximum absolute atomic E-state index is 12.3. The molecule has 3 nitrogen and oxygen atoms in total. The van der Waals surface area contributed by atoms with Crippen molar-refractivity contribution in [1.29, 1.82) is 0 Å². The van der Waals surface area contributed by atoms with Crippen LogP contribution in [0.15, 0.2) is 12.1 Å². The van der Waals surface area contributed by atoms with Crippen molar-refractivity contribution in [3.8, 4) is 0 Å².